The lowest BCUT2D eigenvalue weighted by molar-refractivity contribution is 0.415. The molecule has 2 aromatic carbocycles. The molecule has 0 aliphatic carbocycles. The molecule has 0 fully saturated rings. The smallest absolute Gasteiger partial charge is 0.213 e. The Morgan fingerprint density at radius 1 is 1.13 bits per heavy atom. The molecule has 1 aliphatic rings. The number of aromatic nitrogens is 2. The first-order chi connectivity index (χ1) is 11.3. The average molecular weight is 324 g/mol. The van der Waals surface area contributed by atoms with Crippen molar-refractivity contribution in [2.75, 3.05) is 23.9 Å². The third kappa shape index (κ3) is 2.41. The van der Waals surface area contributed by atoms with E-state index in [0.29, 0.717) is 5.11 Å². The van der Waals surface area contributed by atoms with Gasteiger partial charge in [-0.25, -0.2) is 4.98 Å². The molecule has 0 amide bonds. The third-order valence-corrected chi connectivity index (χ3v) is 4.33. The monoisotopic (exact) mass is 324 g/mol. The zero-order chi connectivity index (χ0) is 15.8. The minimum absolute atomic E-state index is 0.657. The molecule has 5 nitrogen and oxygen atoms in total. The average Bonchev–Trinajstić information content (AvgIpc) is 3.14. The van der Waals surface area contributed by atoms with Gasteiger partial charge in [-0.3, -0.25) is 4.90 Å². The summed E-state index contributed by atoms with van der Waals surface area (Å²) in [5, 5.41) is 3.93. The molecule has 3 aromatic rings. The van der Waals surface area contributed by atoms with Gasteiger partial charge in [0.05, 0.1) is 18.1 Å². The second-order valence-electron chi connectivity index (χ2n) is 5.36. The molecule has 116 valence electrons. The molecule has 0 bridgehead atoms. The van der Waals surface area contributed by atoms with E-state index in [1.165, 1.54) is 0 Å². The highest BCUT2D eigenvalue weighted by atomic mass is 32.1. The van der Waals surface area contributed by atoms with Crippen LogP contribution in [0.4, 0.5) is 11.6 Å². The van der Waals surface area contributed by atoms with Crippen LogP contribution in [0.1, 0.15) is 0 Å². The van der Waals surface area contributed by atoms with Crippen molar-refractivity contribution < 1.29 is 4.74 Å². The molecule has 0 spiro atoms. The van der Waals surface area contributed by atoms with Crippen molar-refractivity contribution in [1.82, 2.24) is 9.55 Å². The quantitative estimate of drug-likeness (QED) is 0.733. The number of anilines is 2. The van der Waals surface area contributed by atoms with Crippen molar-refractivity contribution in [2.24, 2.45) is 0 Å². The van der Waals surface area contributed by atoms with Crippen LogP contribution < -0.4 is 15.0 Å². The summed E-state index contributed by atoms with van der Waals surface area (Å²) in [6, 6.07) is 15.9. The molecule has 0 saturated heterocycles. The molecule has 0 radical (unpaired) electrons. The van der Waals surface area contributed by atoms with Crippen molar-refractivity contribution in [3.63, 3.8) is 0 Å². The lowest BCUT2D eigenvalue weighted by Crippen LogP contribution is -2.33. The van der Waals surface area contributed by atoms with Gasteiger partial charge in [0.2, 0.25) is 5.95 Å². The molecule has 23 heavy (non-hydrogen) atoms. The number of para-hydroxylation sites is 2. The summed E-state index contributed by atoms with van der Waals surface area (Å²) in [4.78, 5) is 6.75. The lowest BCUT2D eigenvalue weighted by Gasteiger charge is -2.18. The minimum atomic E-state index is 0.657. The highest BCUT2D eigenvalue weighted by Gasteiger charge is 2.26. The second-order valence-corrected chi connectivity index (χ2v) is 5.75. The Balaban J connectivity index is 1.58. The van der Waals surface area contributed by atoms with E-state index in [4.69, 9.17) is 21.9 Å². The molecule has 2 heterocycles. The second kappa shape index (κ2) is 5.55. The van der Waals surface area contributed by atoms with E-state index >= 15 is 0 Å². The number of nitrogens with zero attached hydrogens (tertiary/aromatic N) is 3. The van der Waals surface area contributed by atoms with Gasteiger partial charge in [-0.15, -0.1) is 0 Å². The molecule has 4 rings (SSSR count). The Hall–Kier alpha value is -2.60. The number of imidazole rings is 1. The van der Waals surface area contributed by atoms with Gasteiger partial charge in [0.15, 0.2) is 5.11 Å². The van der Waals surface area contributed by atoms with Crippen LogP contribution in [0.2, 0.25) is 0 Å². The summed E-state index contributed by atoms with van der Waals surface area (Å²) < 4.78 is 7.38. The number of nitrogens with one attached hydrogen (secondary N) is 1. The van der Waals surface area contributed by atoms with E-state index in [0.717, 1.165) is 41.5 Å². The Morgan fingerprint density at radius 2 is 1.91 bits per heavy atom. The van der Waals surface area contributed by atoms with Crippen molar-refractivity contribution in [2.45, 2.75) is 6.54 Å². The first kappa shape index (κ1) is 14.0. The number of ether oxygens (including phenoxy) is 1. The zero-order valence-corrected chi connectivity index (χ0v) is 13.5. The van der Waals surface area contributed by atoms with Crippen LogP contribution in [0.15, 0.2) is 48.5 Å². The molecular formula is C17H16N4OS. The zero-order valence-electron chi connectivity index (χ0n) is 12.7. The van der Waals surface area contributed by atoms with Crippen molar-refractivity contribution in [3.8, 4) is 5.75 Å². The number of hydrogen-bond donors (Lipinski definition) is 1. The van der Waals surface area contributed by atoms with Gasteiger partial charge in [0.25, 0.3) is 0 Å². The molecule has 1 N–H and O–H groups in total. The summed E-state index contributed by atoms with van der Waals surface area (Å²) in [5.74, 6) is 1.72. The Bertz CT molecular complexity index is 872. The first-order valence-corrected chi connectivity index (χ1v) is 7.85. The number of fused-ring (bicyclic) bond motifs is 3. The first-order valence-electron chi connectivity index (χ1n) is 7.44. The number of methoxy groups -OCH3 is 1. The van der Waals surface area contributed by atoms with Crippen molar-refractivity contribution in [3.05, 3.63) is 48.5 Å². The van der Waals surface area contributed by atoms with E-state index < -0.39 is 0 Å². The molecule has 1 aliphatic heterocycles. The van der Waals surface area contributed by atoms with E-state index in [1.54, 1.807) is 7.11 Å². The summed E-state index contributed by atoms with van der Waals surface area (Å²) in [6.45, 7) is 1.72. The van der Waals surface area contributed by atoms with Crippen LogP contribution in [-0.4, -0.2) is 28.3 Å². The van der Waals surface area contributed by atoms with Crippen LogP contribution in [0.5, 0.6) is 5.75 Å². The van der Waals surface area contributed by atoms with E-state index in [9.17, 15) is 0 Å². The molecule has 1 aromatic heterocycles. The highest BCUT2D eigenvalue weighted by molar-refractivity contribution is 7.80. The summed E-state index contributed by atoms with van der Waals surface area (Å²) in [5.41, 5.74) is 3.09. The van der Waals surface area contributed by atoms with Crippen LogP contribution in [0, 0.1) is 0 Å². The Labute approximate surface area is 139 Å². The maximum Gasteiger partial charge on any atom is 0.213 e. The standard InChI is InChI=1S/C17H16N4OS/c1-22-13-8-6-12(7-9-13)18-17(23)21-11-10-20-15-5-3-2-4-14(15)19-16(20)21/h2-9H,10-11H2,1H3,(H,18,23). The molecule has 0 saturated carbocycles. The van der Waals surface area contributed by atoms with E-state index in [1.807, 2.05) is 47.4 Å². The predicted molar refractivity (Wildman–Crippen MR) is 96.3 cm³/mol. The fourth-order valence-electron chi connectivity index (χ4n) is 2.85. The van der Waals surface area contributed by atoms with Gasteiger partial charge in [0, 0.05) is 18.8 Å². The van der Waals surface area contributed by atoms with Crippen LogP contribution in [0.25, 0.3) is 11.0 Å². The van der Waals surface area contributed by atoms with E-state index in [-0.39, 0.29) is 0 Å². The number of benzene rings is 2. The van der Waals surface area contributed by atoms with Gasteiger partial charge in [-0.05, 0) is 48.6 Å². The van der Waals surface area contributed by atoms with E-state index in [2.05, 4.69) is 16.0 Å². The lowest BCUT2D eigenvalue weighted by atomic mass is 10.3. The number of thiocarbonyl (C=S) groups is 1. The van der Waals surface area contributed by atoms with Crippen molar-refractivity contribution >= 4 is 40.0 Å². The fourth-order valence-corrected chi connectivity index (χ4v) is 3.14. The number of hydrogen-bond acceptors (Lipinski definition) is 3. The Morgan fingerprint density at radius 3 is 2.70 bits per heavy atom. The highest BCUT2D eigenvalue weighted by Crippen LogP contribution is 2.27. The minimum Gasteiger partial charge on any atom is -0.497 e. The van der Waals surface area contributed by atoms with Gasteiger partial charge in [-0.1, -0.05) is 12.1 Å². The topological polar surface area (TPSA) is 42.3 Å². The molecular weight excluding hydrogens is 308 g/mol. The summed E-state index contributed by atoms with van der Waals surface area (Å²) >= 11 is 5.57. The maximum atomic E-state index is 5.57. The SMILES string of the molecule is COc1ccc(NC(=S)N2CCn3c2nc2ccccc23)cc1. The third-order valence-electron chi connectivity index (χ3n) is 4.01. The summed E-state index contributed by atoms with van der Waals surface area (Å²) in [6.07, 6.45) is 0. The predicted octanol–water partition coefficient (Wildman–Crippen LogP) is 3.26. The van der Waals surface area contributed by atoms with Crippen molar-refractivity contribution in [1.29, 1.82) is 0 Å². The summed E-state index contributed by atoms with van der Waals surface area (Å²) in [7, 11) is 1.65. The van der Waals surface area contributed by atoms with Crippen LogP contribution in [0.3, 0.4) is 0 Å². The Kier molecular flexibility index (Phi) is 3.38. The van der Waals surface area contributed by atoms with Gasteiger partial charge < -0.3 is 14.6 Å². The normalized spacial score (nSPS) is 13.2. The fraction of sp³-hybridized carbons (Fsp3) is 0.176. The van der Waals surface area contributed by atoms with Gasteiger partial charge >= 0.3 is 0 Å². The molecule has 6 heteroatoms. The molecule has 0 unspecified atom stereocenters. The van der Waals surface area contributed by atoms with Gasteiger partial charge in [0.1, 0.15) is 5.75 Å². The number of rotatable bonds is 2. The van der Waals surface area contributed by atoms with Crippen LogP contribution in [-0.2, 0) is 6.54 Å². The van der Waals surface area contributed by atoms with Gasteiger partial charge in [-0.2, -0.15) is 0 Å². The largest absolute Gasteiger partial charge is 0.497 e. The van der Waals surface area contributed by atoms with Crippen LogP contribution >= 0.6 is 12.2 Å². The molecule has 0 atom stereocenters. The maximum absolute atomic E-state index is 5.57.